The summed E-state index contributed by atoms with van der Waals surface area (Å²) in [6.45, 7) is 7.18. The van der Waals surface area contributed by atoms with Gasteiger partial charge in [0, 0.05) is 39.6 Å². The molecule has 304 valence electrons. The molecule has 0 saturated heterocycles. The first-order valence-electron chi connectivity index (χ1n) is 22.5. The van der Waals surface area contributed by atoms with Crippen LogP contribution >= 0.6 is 0 Å². The molecule has 10 aromatic rings. The summed E-state index contributed by atoms with van der Waals surface area (Å²) in [7, 11) is 0. The summed E-state index contributed by atoms with van der Waals surface area (Å²) in [6, 6.07) is 65.0. The average Bonchev–Trinajstić information content (AvgIpc) is 3.95. The first-order valence-corrected chi connectivity index (χ1v) is 22.5. The highest BCUT2D eigenvalue weighted by molar-refractivity contribution is 6.03. The fourth-order valence-electron chi connectivity index (χ4n) is 12.2. The second-order valence-corrected chi connectivity index (χ2v) is 18.7. The van der Waals surface area contributed by atoms with Crippen LogP contribution in [-0.4, -0.2) is 14.4 Å². The van der Waals surface area contributed by atoms with Gasteiger partial charge in [-0.1, -0.05) is 209 Å². The average molecular weight is 820 g/mol. The summed E-state index contributed by atoms with van der Waals surface area (Å²) in [5, 5.41) is 4.96. The quantitative estimate of drug-likeness (QED) is 0.173. The zero-order valence-electron chi connectivity index (χ0n) is 36.1. The van der Waals surface area contributed by atoms with E-state index in [-0.39, 0.29) is 16.7 Å². The topological polar surface area (TPSA) is 30.2 Å². The van der Waals surface area contributed by atoms with Gasteiger partial charge in [-0.15, -0.1) is 0 Å². The Kier molecular flexibility index (Phi) is 7.77. The van der Waals surface area contributed by atoms with E-state index in [1.807, 2.05) is 6.20 Å². The van der Waals surface area contributed by atoms with Crippen molar-refractivity contribution in [1.82, 2.24) is 14.4 Å². The monoisotopic (exact) mass is 819 g/mol. The number of hydrogen-bond donors (Lipinski definition) is 0. The molecule has 0 N–H and O–H groups in total. The summed E-state index contributed by atoms with van der Waals surface area (Å²) in [4.78, 5) is 10.9. The maximum Gasteiger partial charge on any atom is 0.164 e. The van der Waals surface area contributed by atoms with Gasteiger partial charge in [-0.2, -0.15) is 0 Å². The van der Waals surface area contributed by atoms with Gasteiger partial charge < -0.3 is 0 Å². The zero-order valence-corrected chi connectivity index (χ0v) is 36.1. The predicted octanol–water partition coefficient (Wildman–Crippen LogP) is 14.9. The normalized spacial score (nSPS) is 18.6. The lowest BCUT2D eigenvalue weighted by atomic mass is 9.54. The fraction of sp³-hybridized carbons (Fsp3) is 0.115. The molecule has 3 nitrogen and oxygen atoms in total. The number of benzene rings is 8. The van der Waals surface area contributed by atoms with Crippen LogP contribution in [0, 0.1) is 5.41 Å². The molecule has 2 aromatic heterocycles. The van der Waals surface area contributed by atoms with Crippen molar-refractivity contribution in [2.75, 3.05) is 0 Å². The van der Waals surface area contributed by atoms with Crippen molar-refractivity contribution in [1.29, 1.82) is 0 Å². The molecule has 0 saturated carbocycles. The lowest BCUT2D eigenvalue weighted by molar-refractivity contribution is 0.289. The molecule has 2 atom stereocenters. The van der Waals surface area contributed by atoms with Crippen molar-refractivity contribution in [3.05, 3.63) is 246 Å². The molecule has 13 rings (SSSR count). The molecule has 2 heterocycles. The van der Waals surface area contributed by atoms with Gasteiger partial charge in [-0.05, 0) is 78.2 Å². The smallest absolute Gasteiger partial charge is 0.164 e. The van der Waals surface area contributed by atoms with Crippen LogP contribution in [0.3, 0.4) is 0 Å². The zero-order chi connectivity index (χ0) is 42.8. The minimum absolute atomic E-state index is 0.190. The molecule has 0 spiro atoms. The number of fused-ring (bicyclic) bond motifs is 10. The first kappa shape index (κ1) is 37.0. The van der Waals surface area contributed by atoms with Gasteiger partial charge in [0.15, 0.2) is 5.65 Å². The highest BCUT2D eigenvalue weighted by Crippen LogP contribution is 2.67. The van der Waals surface area contributed by atoms with Gasteiger partial charge in [-0.3, -0.25) is 4.40 Å². The Balaban J connectivity index is 1.07. The number of nitrogens with zero attached hydrogens (tertiary/aromatic N) is 3. The Labute approximate surface area is 373 Å². The molecule has 0 amide bonds. The van der Waals surface area contributed by atoms with Crippen molar-refractivity contribution in [3.8, 4) is 44.9 Å². The Morgan fingerprint density at radius 3 is 2.00 bits per heavy atom. The third kappa shape index (κ3) is 4.92. The Hall–Kier alpha value is -7.62. The van der Waals surface area contributed by atoms with Crippen LogP contribution in [0.1, 0.15) is 60.1 Å². The highest BCUT2D eigenvalue weighted by Gasteiger charge is 2.60. The van der Waals surface area contributed by atoms with Crippen LogP contribution in [-0.2, 0) is 10.8 Å². The molecule has 0 fully saturated rings. The Bertz CT molecular complexity index is 3560. The molecule has 64 heavy (non-hydrogen) atoms. The van der Waals surface area contributed by atoms with Crippen molar-refractivity contribution >= 4 is 27.2 Å². The molecule has 8 aromatic carbocycles. The van der Waals surface area contributed by atoms with E-state index in [0.29, 0.717) is 0 Å². The standard InChI is InChI=1S/C61H45N3/c1-59(2)51-33-30-40-18-11-13-25-46(40)56(51)49-32-29-42(36-52(49)59)57-58-62-37-55(47-26-16-19-39-17-10-12-24-45(39)47)64(58)38-54(63-57)41-28-31-48-50-27-14-15-34-60(50,3)61(53(48)35-41,43-20-6-4-7-21-43)44-22-8-5-9-23-44/h4-38,50H,1-3H3. The molecule has 3 aliphatic rings. The van der Waals surface area contributed by atoms with Crippen LogP contribution in [0.5, 0.6) is 0 Å². The summed E-state index contributed by atoms with van der Waals surface area (Å²) >= 11 is 0. The molecular weight excluding hydrogens is 775 g/mol. The number of allylic oxidation sites excluding steroid dienone is 4. The lowest BCUT2D eigenvalue weighted by Gasteiger charge is -2.47. The molecule has 0 radical (unpaired) electrons. The van der Waals surface area contributed by atoms with E-state index < -0.39 is 5.41 Å². The van der Waals surface area contributed by atoms with Gasteiger partial charge in [0.25, 0.3) is 0 Å². The molecular formula is C61H45N3. The third-order valence-electron chi connectivity index (χ3n) is 15.2. The van der Waals surface area contributed by atoms with E-state index >= 15 is 0 Å². The van der Waals surface area contributed by atoms with Crippen molar-refractivity contribution in [2.24, 2.45) is 5.41 Å². The largest absolute Gasteiger partial charge is 0.296 e. The maximum atomic E-state index is 5.70. The van der Waals surface area contributed by atoms with Gasteiger partial charge >= 0.3 is 0 Å². The van der Waals surface area contributed by atoms with Crippen LogP contribution < -0.4 is 0 Å². The molecule has 2 unspecified atom stereocenters. The van der Waals surface area contributed by atoms with E-state index in [1.165, 1.54) is 66.1 Å². The van der Waals surface area contributed by atoms with Crippen LogP contribution in [0.15, 0.2) is 213 Å². The van der Waals surface area contributed by atoms with Gasteiger partial charge in [0.1, 0.15) is 5.69 Å². The van der Waals surface area contributed by atoms with E-state index in [4.69, 9.17) is 9.97 Å². The minimum Gasteiger partial charge on any atom is -0.296 e. The second kappa shape index (κ2) is 13.4. The minimum atomic E-state index is -0.465. The summed E-state index contributed by atoms with van der Waals surface area (Å²) in [5.74, 6) is 0.190. The summed E-state index contributed by atoms with van der Waals surface area (Å²) in [6.07, 6.45) is 13.6. The van der Waals surface area contributed by atoms with Crippen molar-refractivity contribution in [2.45, 2.75) is 37.5 Å². The number of aromatic nitrogens is 3. The second-order valence-electron chi connectivity index (χ2n) is 18.7. The van der Waals surface area contributed by atoms with Gasteiger partial charge in [0.2, 0.25) is 0 Å². The third-order valence-corrected chi connectivity index (χ3v) is 15.2. The van der Waals surface area contributed by atoms with E-state index in [9.17, 15) is 0 Å². The molecule has 0 aliphatic heterocycles. The predicted molar refractivity (Wildman–Crippen MR) is 264 cm³/mol. The molecule has 3 heteroatoms. The Morgan fingerprint density at radius 2 is 1.22 bits per heavy atom. The first-order chi connectivity index (χ1) is 31.4. The highest BCUT2D eigenvalue weighted by atomic mass is 15.0. The Morgan fingerprint density at radius 1 is 0.547 bits per heavy atom. The summed E-state index contributed by atoms with van der Waals surface area (Å²) in [5.41, 5.74) is 16.6. The van der Waals surface area contributed by atoms with Crippen LogP contribution in [0.2, 0.25) is 0 Å². The van der Waals surface area contributed by atoms with Crippen LogP contribution in [0.25, 0.3) is 72.1 Å². The van der Waals surface area contributed by atoms with Gasteiger partial charge in [0.05, 0.1) is 23.0 Å². The summed E-state index contributed by atoms with van der Waals surface area (Å²) < 4.78 is 2.29. The lowest BCUT2D eigenvalue weighted by Crippen LogP contribution is -2.43. The van der Waals surface area contributed by atoms with E-state index in [2.05, 4.69) is 232 Å². The van der Waals surface area contributed by atoms with Crippen molar-refractivity contribution in [3.63, 3.8) is 0 Å². The number of hydrogen-bond acceptors (Lipinski definition) is 2. The van der Waals surface area contributed by atoms with Gasteiger partial charge in [-0.25, -0.2) is 9.97 Å². The van der Waals surface area contributed by atoms with E-state index in [0.717, 1.165) is 39.4 Å². The van der Waals surface area contributed by atoms with Crippen molar-refractivity contribution < 1.29 is 0 Å². The van der Waals surface area contributed by atoms with Crippen LogP contribution in [0.4, 0.5) is 0 Å². The number of rotatable bonds is 5. The molecule has 3 aliphatic carbocycles. The number of imidazole rings is 1. The maximum absolute atomic E-state index is 5.70. The SMILES string of the molecule is CC1(C)c2cc(-c3nc(-c4ccc5c(c4)C(c4ccccc4)(c4ccccc4)C4(C)C=CC=CC54)cn4c(-c5cccc6ccccc56)cnc34)ccc2-c2c1ccc1ccccc21. The fourth-order valence-corrected chi connectivity index (χ4v) is 12.2. The molecule has 0 bridgehead atoms. The van der Waals surface area contributed by atoms with E-state index in [1.54, 1.807) is 0 Å².